The standard InChI is InChI=1S/C16H28N4/c1-4-14(17)16(15-7-5-6-10-18-15)20-11-8-13(9-12-20)19(2)3/h5-7,10,13-14,16H,4,8-9,11-12,17H2,1-3H3. The third-order valence-corrected chi connectivity index (χ3v) is 4.49. The summed E-state index contributed by atoms with van der Waals surface area (Å²) >= 11 is 0. The highest BCUT2D eigenvalue weighted by atomic mass is 15.2. The minimum Gasteiger partial charge on any atom is -0.326 e. The number of hydrogen-bond donors (Lipinski definition) is 1. The van der Waals surface area contributed by atoms with Gasteiger partial charge in [-0.05, 0) is 45.5 Å². The van der Waals surface area contributed by atoms with E-state index in [1.165, 1.54) is 12.8 Å². The molecule has 20 heavy (non-hydrogen) atoms. The van der Waals surface area contributed by atoms with Crippen LogP contribution in [0.1, 0.15) is 37.9 Å². The van der Waals surface area contributed by atoms with Gasteiger partial charge in [0.15, 0.2) is 0 Å². The molecule has 4 heteroatoms. The first-order valence-corrected chi connectivity index (χ1v) is 7.70. The smallest absolute Gasteiger partial charge is 0.0673 e. The third-order valence-electron chi connectivity index (χ3n) is 4.49. The molecule has 4 nitrogen and oxygen atoms in total. The lowest BCUT2D eigenvalue weighted by atomic mass is 9.96. The van der Waals surface area contributed by atoms with Gasteiger partial charge in [0.2, 0.25) is 0 Å². The summed E-state index contributed by atoms with van der Waals surface area (Å²) in [6.45, 7) is 4.38. The van der Waals surface area contributed by atoms with E-state index in [-0.39, 0.29) is 12.1 Å². The van der Waals surface area contributed by atoms with Gasteiger partial charge in [-0.15, -0.1) is 0 Å². The molecule has 1 aromatic rings. The zero-order valence-electron chi connectivity index (χ0n) is 13.0. The summed E-state index contributed by atoms with van der Waals surface area (Å²) in [5.74, 6) is 0. The maximum Gasteiger partial charge on any atom is 0.0673 e. The molecule has 112 valence electrons. The van der Waals surface area contributed by atoms with Crippen LogP contribution in [0.25, 0.3) is 0 Å². The second-order valence-corrected chi connectivity index (χ2v) is 6.00. The van der Waals surface area contributed by atoms with Crippen LogP contribution in [0.4, 0.5) is 0 Å². The van der Waals surface area contributed by atoms with Crippen LogP contribution in [0.3, 0.4) is 0 Å². The fourth-order valence-electron chi connectivity index (χ4n) is 3.13. The molecule has 0 saturated carbocycles. The summed E-state index contributed by atoms with van der Waals surface area (Å²) in [7, 11) is 4.35. The normalized spacial score (nSPS) is 21.1. The molecule has 1 aliphatic heterocycles. The van der Waals surface area contributed by atoms with E-state index in [2.05, 4.69) is 47.9 Å². The lowest BCUT2D eigenvalue weighted by molar-refractivity contribution is 0.0929. The van der Waals surface area contributed by atoms with Crippen molar-refractivity contribution in [2.45, 2.75) is 44.3 Å². The lowest BCUT2D eigenvalue weighted by Gasteiger charge is -2.41. The summed E-state index contributed by atoms with van der Waals surface area (Å²) in [5, 5.41) is 0. The molecule has 2 heterocycles. The quantitative estimate of drug-likeness (QED) is 0.892. The largest absolute Gasteiger partial charge is 0.326 e. The molecule has 0 aliphatic carbocycles. The molecule has 2 rings (SSSR count). The van der Waals surface area contributed by atoms with Crippen LogP contribution >= 0.6 is 0 Å². The van der Waals surface area contributed by atoms with Gasteiger partial charge in [0.25, 0.3) is 0 Å². The van der Waals surface area contributed by atoms with Crippen LogP contribution in [-0.2, 0) is 0 Å². The second-order valence-electron chi connectivity index (χ2n) is 6.00. The zero-order chi connectivity index (χ0) is 14.5. The molecule has 0 aromatic carbocycles. The van der Waals surface area contributed by atoms with Gasteiger partial charge in [0.05, 0.1) is 11.7 Å². The van der Waals surface area contributed by atoms with Gasteiger partial charge < -0.3 is 10.6 Å². The van der Waals surface area contributed by atoms with Gasteiger partial charge in [0.1, 0.15) is 0 Å². The van der Waals surface area contributed by atoms with Crippen LogP contribution < -0.4 is 5.73 Å². The van der Waals surface area contributed by atoms with E-state index in [4.69, 9.17) is 5.73 Å². The van der Waals surface area contributed by atoms with Crippen LogP contribution in [0.5, 0.6) is 0 Å². The van der Waals surface area contributed by atoms with Crippen molar-refractivity contribution in [3.05, 3.63) is 30.1 Å². The van der Waals surface area contributed by atoms with E-state index in [0.717, 1.165) is 25.2 Å². The number of aromatic nitrogens is 1. The Morgan fingerprint density at radius 2 is 2.05 bits per heavy atom. The van der Waals surface area contributed by atoms with E-state index in [0.29, 0.717) is 6.04 Å². The fraction of sp³-hybridized carbons (Fsp3) is 0.688. The predicted octanol–water partition coefficient (Wildman–Crippen LogP) is 1.89. The van der Waals surface area contributed by atoms with Crippen molar-refractivity contribution in [2.75, 3.05) is 27.2 Å². The minimum absolute atomic E-state index is 0.154. The summed E-state index contributed by atoms with van der Waals surface area (Å²) in [4.78, 5) is 9.41. The topological polar surface area (TPSA) is 45.4 Å². The van der Waals surface area contributed by atoms with Crippen LogP contribution in [-0.4, -0.2) is 54.1 Å². The Morgan fingerprint density at radius 3 is 2.55 bits per heavy atom. The van der Waals surface area contributed by atoms with Gasteiger partial charge in [-0.3, -0.25) is 9.88 Å². The van der Waals surface area contributed by atoms with E-state index >= 15 is 0 Å². The summed E-state index contributed by atoms with van der Waals surface area (Å²) in [5.41, 5.74) is 7.50. The summed E-state index contributed by atoms with van der Waals surface area (Å²) < 4.78 is 0. The van der Waals surface area contributed by atoms with Crippen LogP contribution in [0, 0.1) is 0 Å². The summed E-state index contributed by atoms with van der Waals surface area (Å²) in [6.07, 6.45) is 5.28. The first-order chi connectivity index (χ1) is 9.63. The highest BCUT2D eigenvalue weighted by Crippen LogP contribution is 2.27. The van der Waals surface area contributed by atoms with Crippen molar-refractivity contribution < 1.29 is 0 Å². The van der Waals surface area contributed by atoms with Gasteiger partial charge in [-0.2, -0.15) is 0 Å². The highest BCUT2D eigenvalue weighted by Gasteiger charge is 2.30. The summed E-state index contributed by atoms with van der Waals surface area (Å²) in [6, 6.07) is 7.25. The molecule has 0 spiro atoms. The van der Waals surface area contributed by atoms with Crippen LogP contribution in [0.15, 0.2) is 24.4 Å². The first kappa shape index (κ1) is 15.4. The molecule has 0 radical (unpaired) electrons. The number of hydrogen-bond acceptors (Lipinski definition) is 4. The first-order valence-electron chi connectivity index (χ1n) is 7.70. The molecule has 2 unspecified atom stereocenters. The predicted molar refractivity (Wildman–Crippen MR) is 83.5 cm³/mol. The number of pyridine rings is 1. The second kappa shape index (κ2) is 7.16. The van der Waals surface area contributed by atoms with E-state index in [9.17, 15) is 0 Å². The lowest BCUT2D eigenvalue weighted by Crippen LogP contribution is -2.48. The van der Waals surface area contributed by atoms with Gasteiger partial charge in [-0.25, -0.2) is 0 Å². The van der Waals surface area contributed by atoms with Gasteiger partial charge in [0, 0.05) is 31.4 Å². The Morgan fingerprint density at radius 1 is 1.35 bits per heavy atom. The molecule has 0 bridgehead atoms. The van der Waals surface area contributed by atoms with Crippen molar-refractivity contribution in [3.63, 3.8) is 0 Å². The van der Waals surface area contributed by atoms with Crippen molar-refractivity contribution in [3.8, 4) is 0 Å². The molecule has 2 atom stereocenters. The molecule has 2 N–H and O–H groups in total. The van der Waals surface area contributed by atoms with Gasteiger partial charge in [-0.1, -0.05) is 13.0 Å². The zero-order valence-corrected chi connectivity index (χ0v) is 13.0. The van der Waals surface area contributed by atoms with Crippen LogP contribution in [0.2, 0.25) is 0 Å². The Bertz CT molecular complexity index is 385. The monoisotopic (exact) mass is 276 g/mol. The molecule has 1 fully saturated rings. The van der Waals surface area contributed by atoms with Crippen molar-refractivity contribution in [1.82, 2.24) is 14.8 Å². The average molecular weight is 276 g/mol. The third kappa shape index (κ3) is 3.57. The molecule has 1 saturated heterocycles. The maximum atomic E-state index is 6.38. The van der Waals surface area contributed by atoms with Crippen molar-refractivity contribution in [2.24, 2.45) is 5.73 Å². The number of nitrogens with zero attached hydrogens (tertiary/aromatic N) is 3. The molecule has 0 amide bonds. The Hall–Kier alpha value is -0.970. The number of nitrogens with two attached hydrogens (primary N) is 1. The van der Waals surface area contributed by atoms with E-state index in [1.807, 2.05) is 12.3 Å². The molecule has 1 aliphatic rings. The number of likely N-dealkylation sites (tertiary alicyclic amines) is 1. The Labute approximate surface area is 123 Å². The fourth-order valence-corrected chi connectivity index (χ4v) is 3.13. The minimum atomic E-state index is 0.154. The maximum absolute atomic E-state index is 6.38. The van der Waals surface area contributed by atoms with Crippen molar-refractivity contribution in [1.29, 1.82) is 0 Å². The Balaban J connectivity index is 2.09. The van der Waals surface area contributed by atoms with Crippen molar-refractivity contribution >= 4 is 0 Å². The van der Waals surface area contributed by atoms with Gasteiger partial charge >= 0.3 is 0 Å². The van der Waals surface area contributed by atoms with E-state index < -0.39 is 0 Å². The molecular weight excluding hydrogens is 248 g/mol. The van der Waals surface area contributed by atoms with E-state index in [1.54, 1.807) is 0 Å². The average Bonchev–Trinajstić information content (AvgIpc) is 2.49. The number of piperidine rings is 1. The SMILES string of the molecule is CCC(N)C(c1ccccn1)N1CCC(N(C)C)CC1. The highest BCUT2D eigenvalue weighted by molar-refractivity contribution is 5.12. The number of rotatable bonds is 5. The molecule has 1 aromatic heterocycles. The Kier molecular flexibility index (Phi) is 5.52. The molecular formula is C16H28N4.